The molecule has 1 amide bonds. The molecule has 1 aromatic rings. The Balaban J connectivity index is 1.94. The first-order chi connectivity index (χ1) is 10.1. The molecule has 21 heavy (non-hydrogen) atoms. The minimum absolute atomic E-state index is 0.0297. The van der Waals surface area contributed by atoms with Crippen molar-refractivity contribution in [2.75, 3.05) is 32.7 Å². The van der Waals surface area contributed by atoms with Crippen molar-refractivity contribution in [3.05, 3.63) is 35.4 Å². The second kappa shape index (κ2) is 7.54. The third kappa shape index (κ3) is 4.81. The largest absolute Gasteiger partial charge is 0.390 e. The summed E-state index contributed by atoms with van der Waals surface area (Å²) in [6, 6.07) is 8.45. The minimum atomic E-state index is -0.479. The number of β-amino-alcohol motifs (C(OH)–C–C–N with tert-alkyl or cyclic N) is 1. The molecule has 3 N–H and O–H groups in total. The van der Waals surface area contributed by atoms with Crippen LogP contribution >= 0.6 is 0 Å². The molecule has 1 aliphatic heterocycles. The molecule has 1 aromatic carbocycles. The fourth-order valence-corrected chi connectivity index (χ4v) is 2.72. The minimum Gasteiger partial charge on any atom is -0.390 e. The maximum absolute atomic E-state index is 11.4. The predicted octanol–water partition coefficient (Wildman–Crippen LogP) is 0.213. The average Bonchev–Trinajstić information content (AvgIpc) is 2.63. The van der Waals surface area contributed by atoms with E-state index >= 15 is 0 Å². The fourth-order valence-electron chi connectivity index (χ4n) is 2.72. The number of carbonyl (C=O) groups excluding carboxylic acids is 1. The molecule has 1 aliphatic rings. The van der Waals surface area contributed by atoms with Crippen molar-refractivity contribution in [2.45, 2.75) is 26.0 Å². The molecule has 0 aliphatic carbocycles. The van der Waals surface area contributed by atoms with Gasteiger partial charge in [0.2, 0.25) is 5.91 Å². The number of aliphatic hydroxyl groups excluding tert-OH is 1. The Bertz CT molecular complexity index is 461. The van der Waals surface area contributed by atoms with E-state index in [9.17, 15) is 9.90 Å². The molecular formula is C16H25N3O2. The Morgan fingerprint density at radius 2 is 1.90 bits per heavy atom. The van der Waals surface area contributed by atoms with E-state index < -0.39 is 6.10 Å². The molecule has 0 bridgehead atoms. The summed E-state index contributed by atoms with van der Waals surface area (Å²) >= 11 is 0. The molecule has 116 valence electrons. The molecule has 1 heterocycles. The highest BCUT2D eigenvalue weighted by molar-refractivity contribution is 5.73. The maximum Gasteiger partial charge on any atom is 0.219 e. The third-order valence-corrected chi connectivity index (χ3v) is 3.89. The Hall–Kier alpha value is -1.43. The normalized spacial score (nSPS) is 20.3. The van der Waals surface area contributed by atoms with Gasteiger partial charge in [0.05, 0.1) is 6.10 Å². The summed E-state index contributed by atoms with van der Waals surface area (Å²) in [5.74, 6) is 0.0297. The van der Waals surface area contributed by atoms with Crippen molar-refractivity contribution in [1.82, 2.24) is 9.80 Å². The van der Waals surface area contributed by atoms with Crippen LogP contribution in [-0.4, -0.2) is 59.6 Å². The van der Waals surface area contributed by atoms with Gasteiger partial charge in [0.15, 0.2) is 0 Å². The second-order valence-electron chi connectivity index (χ2n) is 5.71. The van der Waals surface area contributed by atoms with Crippen molar-refractivity contribution < 1.29 is 9.90 Å². The maximum atomic E-state index is 11.4. The number of carbonyl (C=O) groups is 1. The van der Waals surface area contributed by atoms with Crippen LogP contribution in [-0.2, 0) is 17.8 Å². The van der Waals surface area contributed by atoms with Crippen LogP contribution in [0.25, 0.3) is 0 Å². The predicted molar refractivity (Wildman–Crippen MR) is 82.7 cm³/mol. The molecule has 5 heteroatoms. The standard InChI is InChI=1S/C16H25N3O2/c1-13(20)19-9-8-18(11-16(21)12-19)10-15-4-2-14(3-5-15)6-7-17/h2-5,16,21H,6-12,17H2,1H3/t16-/m1/s1. The number of amides is 1. The first-order valence-electron chi connectivity index (χ1n) is 7.52. The van der Waals surface area contributed by atoms with Crippen LogP contribution in [0.15, 0.2) is 24.3 Å². The van der Waals surface area contributed by atoms with Gasteiger partial charge >= 0.3 is 0 Å². The SMILES string of the molecule is CC(=O)N1CCN(Cc2ccc(CCN)cc2)C[C@@H](O)C1. The van der Waals surface area contributed by atoms with Gasteiger partial charge < -0.3 is 15.7 Å². The number of hydrogen-bond acceptors (Lipinski definition) is 4. The van der Waals surface area contributed by atoms with Gasteiger partial charge in [-0.25, -0.2) is 0 Å². The average molecular weight is 291 g/mol. The van der Waals surface area contributed by atoms with Crippen molar-refractivity contribution in [2.24, 2.45) is 5.73 Å². The number of hydrogen-bond donors (Lipinski definition) is 2. The molecule has 0 saturated carbocycles. The lowest BCUT2D eigenvalue weighted by Crippen LogP contribution is -2.36. The first-order valence-corrected chi connectivity index (χ1v) is 7.52. The lowest BCUT2D eigenvalue weighted by molar-refractivity contribution is -0.129. The van der Waals surface area contributed by atoms with E-state index in [4.69, 9.17) is 5.73 Å². The van der Waals surface area contributed by atoms with Crippen molar-refractivity contribution in [1.29, 1.82) is 0 Å². The lowest BCUT2D eigenvalue weighted by atomic mass is 10.1. The molecular weight excluding hydrogens is 266 g/mol. The zero-order valence-corrected chi connectivity index (χ0v) is 12.7. The van der Waals surface area contributed by atoms with Gasteiger partial charge in [-0.05, 0) is 24.1 Å². The fraction of sp³-hybridized carbons (Fsp3) is 0.562. The number of aliphatic hydroxyl groups is 1. The van der Waals surface area contributed by atoms with Gasteiger partial charge in [-0.15, -0.1) is 0 Å². The molecule has 0 aromatic heterocycles. The lowest BCUT2D eigenvalue weighted by Gasteiger charge is -2.21. The summed E-state index contributed by atoms with van der Waals surface area (Å²) < 4.78 is 0. The molecule has 0 spiro atoms. The Labute approximate surface area is 126 Å². The van der Waals surface area contributed by atoms with Crippen molar-refractivity contribution >= 4 is 5.91 Å². The van der Waals surface area contributed by atoms with Crippen LogP contribution in [0.1, 0.15) is 18.1 Å². The zero-order valence-electron chi connectivity index (χ0n) is 12.7. The van der Waals surface area contributed by atoms with Gasteiger partial charge in [0, 0.05) is 39.6 Å². The van der Waals surface area contributed by atoms with Crippen LogP contribution in [0, 0.1) is 0 Å². The third-order valence-electron chi connectivity index (χ3n) is 3.89. The van der Waals surface area contributed by atoms with E-state index in [1.165, 1.54) is 11.1 Å². The van der Waals surface area contributed by atoms with E-state index in [2.05, 4.69) is 29.2 Å². The molecule has 1 saturated heterocycles. The highest BCUT2D eigenvalue weighted by atomic mass is 16.3. The van der Waals surface area contributed by atoms with E-state index in [1.807, 2.05) is 0 Å². The van der Waals surface area contributed by atoms with Gasteiger partial charge in [0.1, 0.15) is 0 Å². The van der Waals surface area contributed by atoms with E-state index in [0.717, 1.165) is 19.5 Å². The molecule has 0 unspecified atom stereocenters. The summed E-state index contributed by atoms with van der Waals surface area (Å²) in [7, 11) is 0. The Morgan fingerprint density at radius 1 is 1.24 bits per heavy atom. The summed E-state index contributed by atoms with van der Waals surface area (Å²) in [6.45, 7) is 5.53. The van der Waals surface area contributed by atoms with E-state index in [-0.39, 0.29) is 5.91 Å². The molecule has 1 fully saturated rings. The number of nitrogens with zero attached hydrogens (tertiary/aromatic N) is 2. The van der Waals surface area contributed by atoms with E-state index in [1.54, 1.807) is 11.8 Å². The zero-order chi connectivity index (χ0) is 15.2. The van der Waals surface area contributed by atoms with Gasteiger partial charge in [0.25, 0.3) is 0 Å². The van der Waals surface area contributed by atoms with Crippen LogP contribution in [0.4, 0.5) is 0 Å². The summed E-state index contributed by atoms with van der Waals surface area (Å²) in [6.07, 6.45) is 0.420. The molecule has 0 radical (unpaired) electrons. The summed E-state index contributed by atoms with van der Waals surface area (Å²) in [5.41, 5.74) is 8.02. The van der Waals surface area contributed by atoms with Gasteiger partial charge in [-0.1, -0.05) is 24.3 Å². The van der Waals surface area contributed by atoms with Gasteiger partial charge in [-0.3, -0.25) is 9.69 Å². The van der Waals surface area contributed by atoms with E-state index in [0.29, 0.717) is 26.2 Å². The smallest absolute Gasteiger partial charge is 0.219 e. The molecule has 2 rings (SSSR count). The summed E-state index contributed by atoms with van der Waals surface area (Å²) in [4.78, 5) is 15.4. The monoisotopic (exact) mass is 291 g/mol. The topological polar surface area (TPSA) is 69.8 Å². The molecule has 1 atom stereocenters. The first kappa shape index (κ1) is 15.9. The van der Waals surface area contributed by atoms with Crippen molar-refractivity contribution in [3.8, 4) is 0 Å². The van der Waals surface area contributed by atoms with Gasteiger partial charge in [-0.2, -0.15) is 0 Å². The highest BCUT2D eigenvalue weighted by Crippen LogP contribution is 2.11. The van der Waals surface area contributed by atoms with Crippen LogP contribution in [0.5, 0.6) is 0 Å². The second-order valence-corrected chi connectivity index (χ2v) is 5.71. The summed E-state index contributed by atoms with van der Waals surface area (Å²) in [5, 5.41) is 10.0. The van der Waals surface area contributed by atoms with Crippen molar-refractivity contribution in [3.63, 3.8) is 0 Å². The highest BCUT2D eigenvalue weighted by Gasteiger charge is 2.22. The van der Waals surface area contributed by atoms with Crippen LogP contribution in [0.3, 0.4) is 0 Å². The quantitative estimate of drug-likeness (QED) is 0.832. The number of rotatable bonds is 4. The Morgan fingerprint density at radius 3 is 2.52 bits per heavy atom. The van der Waals surface area contributed by atoms with Crippen LogP contribution in [0.2, 0.25) is 0 Å². The Kier molecular flexibility index (Phi) is 5.73. The number of nitrogens with two attached hydrogens (primary N) is 1. The molecule has 5 nitrogen and oxygen atoms in total. The van der Waals surface area contributed by atoms with Crippen LogP contribution < -0.4 is 5.73 Å². The number of benzene rings is 1.